The van der Waals surface area contributed by atoms with E-state index in [0.29, 0.717) is 6.54 Å². The van der Waals surface area contributed by atoms with E-state index in [0.717, 1.165) is 53.7 Å². The maximum absolute atomic E-state index is 5.23. The van der Waals surface area contributed by atoms with Crippen molar-refractivity contribution in [3.05, 3.63) is 65.3 Å². The monoisotopic (exact) mass is 380 g/mol. The Balaban J connectivity index is 1.64. The predicted molar refractivity (Wildman–Crippen MR) is 111 cm³/mol. The van der Waals surface area contributed by atoms with Crippen LogP contribution in [0.5, 0.6) is 0 Å². The summed E-state index contributed by atoms with van der Waals surface area (Å²) in [6.07, 6.45) is 4.77. The lowest BCUT2D eigenvalue weighted by molar-refractivity contribution is 0.392. The quantitative estimate of drug-likeness (QED) is 0.504. The molecular weight excluding hydrogens is 352 g/mol. The number of hydrogen-bond donors (Lipinski definition) is 1. The molecule has 0 aliphatic heterocycles. The molecule has 1 aromatic carbocycles. The molecule has 2 aromatic heterocycles. The summed E-state index contributed by atoms with van der Waals surface area (Å²) >= 11 is 0. The van der Waals surface area contributed by atoms with Crippen LogP contribution in [0.15, 0.2) is 52.2 Å². The molecule has 0 spiro atoms. The number of nitrogens with zero attached hydrogens (tertiary/aromatic N) is 5. The Labute approximate surface area is 166 Å². The van der Waals surface area contributed by atoms with Crippen LogP contribution in [0.4, 0.5) is 0 Å². The first-order valence-corrected chi connectivity index (χ1v) is 9.58. The summed E-state index contributed by atoms with van der Waals surface area (Å²) in [7, 11) is 2.04. The number of aromatic nitrogens is 3. The minimum Gasteiger partial charge on any atom is -0.361 e. The molecule has 3 aromatic rings. The molecule has 0 amide bonds. The average Bonchev–Trinajstić information content (AvgIpc) is 3.29. The van der Waals surface area contributed by atoms with Gasteiger partial charge in [-0.15, -0.1) is 0 Å². The summed E-state index contributed by atoms with van der Waals surface area (Å²) in [6.45, 7) is 8.21. The highest BCUT2D eigenvalue weighted by molar-refractivity contribution is 5.79. The summed E-state index contributed by atoms with van der Waals surface area (Å²) in [5.41, 5.74) is 4.27. The van der Waals surface area contributed by atoms with Crippen molar-refractivity contribution < 1.29 is 4.52 Å². The number of aryl methyl sites for hydroxylation is 2. The van der Waals surface area contributed by atoms with Crippen molar-refractivity contribution in [2.75, 3.05) is 20.1 Å². The third-order valence-electron chi connectivity index (χ3n) is 4.58. The minimum absolute atomic E-state index is 0.679. The van der Waals surface area contributed by atoms with Crippen molar-refractivity contribution in [2.45, 2.75) is 33.7 Å². The van der Waals surface area contributed by atoms with Crippen molar-refractivity contribution in [3.8, 4) is 5.69 Å². The molecular formula is C21H28N6O. The zero-order chi connectivity index (χ0) is 19.9. The second kappa shape index (κ2) is 9.21. The number of benzene rings is 1. The molecule has 0 radical (unpaired) electrons. The van der Waals surface area contributed by atoms with Crippen LogP contribution in [0.3, 0.4) is 0 Å². The maximum atomic E-state index is 5.23. The summed E-state index contributed by atoms with van der Waals surface area (Å²) in [5, 5.41) is 11.8. The van der Waals surface area contributed by atoms with Crippen molar-refractivity contribution in [3.63, 3.8) is 0 Å². The van der Waals surface area contributed by atoms with Crippen LogP contribution in [-0.2, 0) is 13.0 Å². The van der Waals surface area contributed by atoms with Gasteiger partial charge in [0.05, 0.1) is 17.6 Å². The van der Waals surface area contributed by atoms with Gasteiger partial charge in [-0.25, -0.2) is 4.68 Å². The first-order chi connectivity index (χ1) is 13.6. The van der Waals surface area contributed by atoms with Crippen LogP contribution in [-0.4, -0.2) is 45.9 Å². The highest BCUT2D eigenvalue weighted by Gasteiger charge is 2.11. The highest BCUT2D eigenvalue weighted by atomic mass is 16.5. The van der Waals surface area contributed by atoms with Gasteiger partial charge in [0, 0.05) is 44.0 Å². The Bertz CT molecular complexity index is 893. The van der Waals surface area contributed by atoms with Crippen LogP contribution in [0.2, 0.25) is 0 Å². The Morgan fingerprint density at radius 2 is 2.04 bits per heavy atom. The van der Waals surface area contributed by atoms with Crippen LogP contribution >= 0.6 is 0 Å². The van der Waals surface area contributed by atoms with Crippen LogP contribution in [0.25, 0.3) is 5.69 Å². The lowest BCUT2D eigenvalue weighted by atomic mass is 10.1. The molecule has 7 nitrogen and oxygen atoms in total. The van der Waals surface area contributed by atoms with E-state index in [-0.39, 0.29) is 0 Å². The topological polar surface area (TPSA) is 71.5 Å². The first kappa shape index (κ1) is 19.7. The van der Waals surface area contributed by atoms with Gasteiger partial charge in [0.25, 0.3) is 0 Å². The van der Waals surface area contributed by atoms with Crippen molar-refractivity contribution in [1.29, 1.82) is 0 Å². The average molecular weight is 380 g/mol. The molecule has 148 valence electrons. The van der Waals surface area contributed by atoms with E-state index >= 15 is 0 Å². The van der Waals surface area contributed by atoms with Crippen LogP contribution in [0.1, 0.15) is 29.5 Å². The smallest absolute Gasteiger partial charge is 0.193 e. The van der Waals surface area contributed by atoms with Crippen LogP contribution in [0, 0.1) is 13.8 Å². The van der Waals surface area contributed by atoms with Crippen molar-refractivity contribution in [2.24, 2.45) is 4.99 Å². The molecule has 0 fully saturated rings. The molecule has 0 atom stereocenters. The van der Waals surface area contributed by atoms with E-state index in [9.17, 15) is 0 Å². The van der Waals surface area contributed by atoms with E-state index in [1.165, 1.54) is 0 Å². The number of guanidine groups is 1. The Morgan fingerprint density at radius 1 is 1.25 bits per heavy atom. The molecule has 7 heteroatoms. The summed E-state index contributed by atoms with van der Waals surface area (Å²) in [5.74, 6) is 1.75. The molecule has 0 unspecified atom stereocenters. The third kappa shape index (κ3) is 4.79. The maximum Gasteiger partial charge on any atom is 0.193 e. The second-order valence-electron chi connectivity index (χ2n) is 6.77. The van der Waals surface area contributed by atoms with E-state index in [1.54, 1.807) is 0 Å². The Morgan fingerprint density at radius 3 is 2.71 bits per heavy atom. The molecule has 1 N–H and O–H groups in total. The highest BCUT2D eigenvalue weighted by Crippen LogP contribution is 2.13. The Hall–Kier alpha value is -3.09. The molecule has 28 heavy (non-hydrogen) atoms. The molecule has 0 aliphatic carbocycles. The van der Waals surface area contributed by atoms with Crippen LogP contribution < -0.4 is 5.32 Å². The summed E-state index contributed by atoms with van der Waals surface area (Å²) in [4.78, 5) is 6.88. The van der Waals surface area contributed by atoms with E-state index in [2.05, 4.69) is 33.6 Å². The summed E-state index contributed by atoms with van der Waals surface area (Å²) < 4.78 is 7.13. The number of aliphatic imine (C=N–C) groups is 1. The third-order valence-corrected chi connectivity index (χ3v) is 4.58. The van der Waals surface area contributed by atoms with Gasteiger partial charge in [0.15, 0.2) is 5.96 Å². The largest absolute Gasteiger partial charge is 0.361 e. The summed E-state index contributed by atoms with van der Waals surface area (Å²) in [6, 6.07) is 10.1. The normalized spacial score (nSPS) is 11.6. The van der Waals surface area contributed by atoms with Gasteiger partial charge in [0.1, 0.15) is 5.76 Å². The standard InChI is InChI=1S/C21H28N6O/c1-5-22-21(23-12-11-20-16(2)25-28-17(20)3)26(4)14-18-13-24-27(15-18)19-9-7-6-8-10-19/h6-10,13,15H,5,11-12,14H2,1-4H3,(H,22,23). The zero-order valence-corrected chi connectivity index (χ0v) is 17.0. The molecule has 3 rings (SSSR count). The fraction of sp³-hybridized carbons (Fsp3) is 0.381. The van der Waals surface area contributed by atoms with E-state index < -0.39 is 0 Å². The van der Waals surface area contributed by atoms with Gasteiger partial charge < -0.3 is 14.7 Å². The van der Waals surface area contributed by atoms with Crippen molar-refractivity contribution >= 4 is 5.96 Å². The van der Waals surface area contributed by atoms with Gasteiger partial charge in [-0.2, -0.15) is 5.10 Å². The van der Waals surface area contributed by atoms with E-state index in [4.69, 9.17) is 9.52 Å². The lowest BCUT2D eigenvalue weighted by Crippen LogP contribution is -2.38. The fourth-order valence-electron chi connectivity index (χ4n) is 3.11. The van der Waals surface area contributed by atoms with Gasteiger partial charge in [-0.05, 0) is 39.3 Å². The lowest BCUT2D eigenvalue weighted by Gasteiger charge is -2.21. The predicted octanol–water partition coefficient (Wildman–Crippen LogP) is 3.12. The number of hydrogen-bond acceptors (Lipinski definition) is 4. The number of nitrogens with one attached hydrogen (secondary N) is 1. The molecule has 0 saturated heterocycles. The minimum atomic E-state index is 0.679. The molecule has 0 saturated carbocycles. The van der Waals surface area contributed by atoms with Crippen molar-refractivity contribution in [1.82, 2.24) is 25.2 Å². The second-order valence-corrected chi connectivity index (χ2v) is 6.77. The Kier molecular flexibility index (Phi) is 6.47. The molecule has 0 aliphatic rings. The zero-order valence-electron chi connectivity index (χ0n) is 17.0. The van der Waals surface area contributed by atoms with Gasteiger partial charge in [-0.1, -0.05) is 23.4 Å². The fourth-order valence-corrected chi connectivity index (χ4v) is 3.11. The number of para-hydroxylation sites is 1. The van der Waals surface area contributed by atoms with Gasteiger partial charge in [-0.3, -0.25) is 4.99 Å². The number of rotatable bonds is 7. The molecule has 0 bridgehead atoms. The van der Waals surface area contributed by atoms with Gasteiger partial charge in [0.2, 0.25) is 0 Å². The SMILES string of the molecule is CCNC(=NCCc1c(C)noc1C)N(C)Cc1cnn(-c2ccccc2)c1. The van der Waals surface area contributed by atoms with Gasteiger partial charge >= 0.3 is 0 Å². The first-order valence-electron chi connectivity index (χ1n) is 9.58. The van der Waals surface area contributed by atoms with E-state index in [1.807, 2.05) is 62.1 Å². The molecule has 2 heterocycles.